The Bertz CT molecular complexity index is 422. The molecule has 0 amide bonds. The van der Waals surface area contributed by atoms with E-state index in [4.69, 9.17) is 0 Å². The molecule has 0 radical (unpaired) electrons. The van der Waals surface area contributed by atoms with E-state index < -0.39 is 0 Å². The molecule has 1 N–H and O–H groups in total. The highest BCUT2D eigenvalue weighted by molar-refractivity contribution is 5.32. The van der Waals surface area contributed by atoms with Crippen molar-refractivity contribution in [2.75, 3.05) is 13.1 Å². The minimum absolute atomic E-state index is 0.434. The summed E-state index contributed by atoms with van der Waals surface area (Å²) >= 11 is 0. The Morgan fingerprint density at radius 3 is 2.81 bits per heavy atom. The van der Waals surface area contributed by atoms with Crippen LogP contribution in [0.25, 0.3) is 0 Å². The first-order valence-electron chi connectivity index (χ1n) is 8.91. The van der Waals surface area contributed by atoms with Crippen LogP contribution in [0.3, 0.4) is 0 Å². The molecular formula is C20H33N. The first-order valence-corrected chi connectivity index (χ1v) is 8.91. The average Bonchev–Trinajstić information content (AvgIpc) is 2.47. The van der Waals surface area contributed by atoms with Crippen molar-refractivity contribution in [3.05, 3.63) is 35.4 Å². The molecule has 0 heterocycles. The third-order valence-electron chi connectivity index (χ3n) is 4.95. The van der Waals surface area contributed by atoms with E-state index in [-0.39, 0.29) is 0 Å². The second-order valence-corrected chi connectivity index (χ2v) is 7.54. The average molecular weight is 287 g/mol. The normalized spacial score (nSPS) is 18.5. The van der Waals surface area contributed by atoms with Gasteiger partial charge >= 0.3 is 0 Å². The van der Waals surface area contributed by atoms with Gasteiger partial charge in [0.05, 0.1) is 0 Å². The van der Waals surface area contributed by atoms with Gasteiger partial charge in [0.2, 0.25) is 0 Å². The summed E-state index contributed by atoms with van der Waals surface area (Å²) in [6, 6.07) is 9.04. The lowest BCUT2D eigenvalue weighted by Crippen LogP contribution is -2.33. The van der Waals surface area contributed by atoms with Crippen LogP contribution in [0.4, 0.5) is 0 Å². The molecule has 1 aliphatic carbocycles. The molecule has 1 nitrogen and oxygen atoms in total. The van der Waals surface area contributed by atoms with Gasteiger partial charge in [0.1, 0.15) is 0 Å². The maximum Gasteiger partial charge on any atom is 0.00204 e. The van der Waals surface area contributed by atoms with Crippen LogP contribution in [0.15, 0.2) is 24.3 Å². The molecule has 2 rings (SSSR count). The maximum absolute atomic E-state index is 3.76. The van der Waals surface area contributed by atoms with Gasteiger partial charge in [-0.15, -0.1) is 0 Å². The van der Waals surface area contributed by atoms with Crippen molar-refractivity contribution < 1.29 is 0 Å². The van der Waals surface area contributed by atoms with Crippen molar-refractivity contribution in [2.45, 2.75) is 71.6 Å². The van der Waals surface area contributed by atoms with Gasteiger partial charge in [0, 0.05) is 13.1 Å². The lowest BCUT2D eigenvalue weighted by molar-refractivity contribution is 0.297. The lowest BCUT2D eigenvalue weighted by atomic mass is 9.82. The summed E-state index contributed by atoms with van der Waals surface area (Å²) in [6.07, 6.45) is 9.38. The predicted octanol–water partition coefficient (Wildman–Crippen LogP) is 5.30. The largest absolute Gasteiger partial charge is 0.316 e. The van der Waals surface area contributed by atoms with Crippen molar-refractivity contribution in [1.82, 2.24) is 5.32 Å². The van der Waals surface area contributed by atoms with E-state index in [1.54, 1.807) is 11.1 Å². The van der Waals surface area contributed by atoms with Crippen molar-refractivity contribution in [1.29, 1.82) is 0 Å². The van der Waals surface area contributed by atoms with E-state index in [0.717, 1.165) is 19.0 Å². The van der Waals surface area contributed by atoms with Crippen LogP contribution in [0, 0.1) is 5.41 Å². The molecule has 0 fully saturated rings. The Morgan fingerprint density at radius 2 is 2.00 bits per heavy atom. The zero-order valence-corrected chi connectivity index (χ0v) is 14.3. The molecule has 118 valence electrons. The number of aryl methyl sites for hydroxylation is 1. The fourth-order valence-corrected chi connectivity index (χ4v) is 3.59. The molecule has 0 saturated carbocycles. The van der Waals surface area contributed by atoms with Gasteiger partial charge in [0.25, 0.3) is 0 Å². The lowest BCUT2D eigenvalue weighted by Gasteiger charge is -2.29. The van der Waals surface area contributed by atoms with Crippen molar-refractivity contribution in [3.8, 4) is 0 Å². The van der Waals surface area contributed by atoms with Gasteiger partial charge in [-0.25, -0.2) is 0 Å². The fourth-order valence-electron chi connectivity index (χ4n) is 3.59. The number of hydrogen-bond acceptors (Lipinski definition) is 1. The Kier molecular flexibility index (Phi) is 6.29. The Labute approximate surface area is 131 Å². The van der Waals surface area contributed by atoms with Crippen molar-refractivity contribution >= 4 is 0 Å². The molecule has 0 bridgehead atoms. The number of fused-ring (bicyclic) bond motifs is 1. The molecule has 1 atom stereocenters. The Morgan fingerprint density at radius 1 is 1.19 bits per heavy atom. The van der Waals surface area contributed by atoms with Gasteiger partial charge in [0.15, 0.2) is 0 Å². The molecule has 1 unspecified atom stereocenters. The molecular weight excluding hydrogens is 254 g/mol. The summed E-state index contributed by atoms with van der Waals surface area (Å²) < 4.78 is 0. The van der Waals surface area contributed by atoms with E-state index in [2.05, 4.69) is 50.4 Å². The first-order chi connectivity index (χ1) is 10.1. The van der Waals surface area contributed by atoms with Crippen LogP contribution in [-0.2, 0) is 6.42 Å². The van der Waals surface area contributed by atoms with Crippen LogP contribution in [0.5, 0.6) is 0 Å². The summed E-state index contributed by atoms with van der Waals surface area (Å²) in [4.78, 5) is 0. The Hall–Kier alpha value is -0.820. The summed E-state index contributed by atoms with van der Waals surface area (Å²) in [5.41, 5.74) is 3.61. The van der Waals surface area contributed by atoms with Crippen LogP contribution in [0.2, 0.25) is 0 Å². The quantitative estimate of drug-likeness (QED) is 0.639. The van der Waals surface area contributed by atoms with Gasteiger partial charge in [-0.1, -0.05) is 64.3 Å². The molecule has 1 aromatic rings. The zero-order chi connectivity index (χ0) is 15.1. The molecule has 0 saturated heterocycles. The highest BCUT2D eigenvalue weighted by atomic mass is 14.9. The number of hydrogen-bond donors (Lipinski definition) is 1. The highest BCUT2D eigenvalue weighted by Gasteiger charge is 2.21. The first kappa shape index (κ1) is 16.5. The molecule has 1 aliphatic rings. The third-order valence-corrected chi connectivity index (χ3v) is 4.95. The predicted molar refractivity (Wildman–Crippen MR) is 92.9 cm³/mol. The minimum atomic E-state index is 0.434. The molecule has 21 heavy (non-hydrogen) atoms. The van der Waals surface area contributed by atoms with Gasteiger partial charge in [-0.3, -0.25) is 0 Å². The van der Waals surface area contributed by atoms with E-state index in [9.17, 15) is 0 Å². The molecule has 1 heteroatoms. The third kappa shape index (κ3) is 5.14. The zero-order valence-electron chi connectivity index (χ0n) is 14.3. The summed E-state index contributed by atoms with van der Waals surface area (Å²) in [7, 11) is 0. The fraction of sp³-hybridized carbons (Fsp3) is 0.700. The monoisotopic (exact) mass is 287 g/mol. The minimum Gasteiger partial charge on any atom is -0.316 e. The molecule has 0 aromatic heterocycles. The smallest absolute Gasteiger partial charge is 0.00204 e. The second-order valence-electron chi connectivity index (χ2n) is 7.54. The topological polar surface area (TPSA) is 12.0 Å². The van der Waals surface area contributed by atoms with E-state index in [0.29, 0.717) is 5.41 Å². The number of rotatable bonds is 8. The number of benzene rings is 1. The highest BCUT2D eigenvalue weighted by Crippen LogP contribution is 2.31. The van der Waals surface area contributed by atoms with Gasteiger partial charge in [-0.05, 0) is 48.1 Å². The van der Waals surface area contributed by atoms with Crippen LogP contribution >= 0.6 is 0 Å². The molecule has 1 aromatic carbocycles. The standard InChI is InChI=1S/C20H33N/c1-4-5-8-14-20(2,3)16-21-15-18-12-9-11-17-10-6-7-13-19(17)18/h6-7,10,13,18,21H,4-5,8-9,11-12,14-16H2,1-3H3. The van der Waals surface area contributed by atoms with Gasteiger partial charge < -0.3 is 5.32 Å². The van der Waals surface area contributed by atoms with E-state index in [1.807, 2.05) is 0 Å². The maximum atomic E-state index is 3.76. The summed E-state index contributed by atoms with van der Waals surface area (Å²) in [5, 5.41) is 3.76. The SMILES string of the molecule is CCCCCC(C)(C)CNCC1CCCc2ccccc21. The van der Waals surface area contributed by atoms with Crippen LogP contribution < -0.4 is 5.32 Å². The van der Waals surface area contributed by atoms with E-state index >= 15 is 0 Å². The number of nitrogens with one attached hydrogen (secondary N) is 1. The molecule has 0 aliphatic heterocycles. The number of unbranched alkanes of at least 4 members (excludes halogenated alkanes) is 2. The second kappa shape index (κ2) is 7.98. The summed E-state index contributed by atoms with van der Waals surface area (Å²) in [6.45, 7) is 9.39. The van der Waals surface area contributed by atoms with Gasteiger partial charge in [-0.2, -0.15) is 0 Å². The molecule has 0 spiro atoms. The van der Waals surface area contributed by atoms with Crippen molar-refractivity contribution in [3.63, 3.8) is 0 Å². The summed E-state index contributed by atoms with van der Waals surface area (Å²) in [5.74, 6) is 0.724. The van der Waals surface area contributed by atoms with Crippen LogP contribution in [0.1, 0.15) is 76.3 Å². The van der Waals surface area contributed by atoms with Crippen molar-refractivity contribution in [2.24, 2.45) is 5.41 Å². The Balaban J connectivity index is 1.79. The van der Waals surface area contributed by atoms with E-state index in [1.165, 1.54) is 44.9 Å². The van der Waals surface area contributed by atoms with Crippen LogP contribution in [-0.4, -0.2) is 13.1 Å².